The molecule has 0 aliphatic rings. The van der Waals surface area contributed by atoms with Crippen LogP contribution in [-0.2, 0) is 0 Å². The number of anilines is 1. The number of amides is 1. The van der Waals surface area contributed by atoms with E-state index in [1.54, 1.807) is 0 Å². The molecule has 8 heteroatoms. The number of nitrogens with zero attached hydrogens (tertiary/aromatic N) is 2. The number of halogens is 2. The van der Waals surface area contributed by atoms with Gasteiger partial charge in [0.1, 0.15) is 5.82 Å². The van der Waals surface area contributed by atoms with E-state index in [1.807, 2.05) is 0 Å². The Morgan fingerprint density at radius 3 is 2.94 bits per heavy atom. The highest BCUT2D eigenvalue weighted by atomic mass is 79.9. The van der Waals surface area contributed by atoms with Crippen LogP contribution in [0.3, 0.4) is 0 Å². The van der Waals surface area contributed by atoms with E-state index in [-0.39, 0.29) is 16.4 Å². The predicted octanol–water partition coefficient (Wildman–Crippen LogP) is 1.97. The molecule has 0 saturated carbocycles. The van der Waals surface area contributed by atoms with Crippen LogP contribution in [0.25, 0.3) is 0 Å². The van der Waals surface area contributed by atoms with E-state index in [1.165, 1.54) is 25.3 Å². The second kappa shape index (κ2) is 5.13. The van der Waals surface area contributed by atoms with Gasteiger partial charge in [-0.2, -0.15) is 4.98 Å². The van der Waals surface area contributed by atoms with Crippen LogP contribution in [-0.4, -0.2) is 28.2 Å². The predicted molar refractivity (Wildman–Crippen MR) is 65.0 cm³/mol. The van der Waals surface area contributed by atoms with Crippen molar-refractivity contribution in [1.82, 2.24) is 15.2 Å². The zero-order chi connectivity index (χ0) is 13.1. The average Bonchev–Trinajstić information content (AvgIpc) is 2.80. The summed E-state index contributed by atoms with van der Waals surface area (Å²) in [5.41, 5.74) is 0.290. The molecule has 0 spiro atoms. The Morgan fingerprint density at radius 2 is 2.33 bits per heavy atom. The van der Waals surface area contributed by atoms with Crippen LogP contribution >= 0.6 is 15.9 Å². The molecule has 0 radical (unpaired) electrons. The summed E-state index contributed by atoms with van der Waals surface area (Å²) < 4.78 is 18.0. The maximum Gasteiger partial charge on any atom is 0.336 e. The molecule has 0 saturated heterocycles. The summed E-state index contributed by atoms with van der Waals surface area (Å²) in [5, 5.41) is 8.62. The van der Waals surface area contributed by atoms with E-state index in [4.69, 9.17) is 4.74 Å². The fraction of sp³-hybridized carbons (Fsp3) is 0.100. The molecular formula is C10H8BrFN4O2. The van der Waals surface area contributed by atoms with Crippen molar-refractivity contribution in [1.29, 1.82) is 0 Å². The summed E-state index contributed by atoms with van der Waals surface area (Å²) in [5.74, 6) is -0.723. The van der Waals surface area contributed by atoms with Gasteiger partial charge in [-0.1, -0.05) is 0 Å². The Bertz CT molecular complexity index is 587. The minimum Gasteiger partial charge on any atom is -0.466 e. The molecule has 1 heterocycles. The van der Waals surface area contributed by atoms with Crippen LogP contribution in [0.15, 0.2) is 22.7 Å². The summed E-state index contributed by atoms with van der Waals surface area (Å²) in [7, 11) is 1.41. The van der Waals surface area contributed by atoms with Crippen LogP contribution in [0, 0.1) is 5.82 Å². The standard InChI is InChI=1S/C10H8BrFN4O2/c1-18-10-14-9(15-16-10)13-8(17)5-2-3-7(12)6(11)4-5/h2-4H,1H3,(H2,13,14,15,16,17). The first-order chi connectivity index (χ1) is 8.60. The molecule has 94 valence electrons. The number of aromatic nitrogens is 3. The van der Waals surface area contributed by atoms with Gasteiger partial charge in [0.15, 0.2) is 0 Å². The van der Waals surface area contributed by atoms with Crippen molar-refractivity contribution in [3.8, 4) is 6.01 Å². The summed E-state index contributed by atoms with van der Waals surface area (Å²) in [6.45, 7) is 0. The van der Waals surface area contributed by atoms with Gasteiger partial charge in [0.2, 0.25) is 5.95 Å². The van der Waals surface area contributed by atoms with E-state index in [0.29, 0.717) is 5.56 Å². The molecule has 1 aromatic carbocycles. The number of methoxy groups -OCH3 is 1. The van der Waals surface area contributed by atoms with E-state index >= 15 is 0 Å². The number of hydrogen-bond donors (Lipinski definition) is 2. The molecule has 0 aliphatic carbocycles. The number of ether oxygens (including phenoxy) is 1. The first-order valence-corrected chi connectivity index (χ1v) is 5.62. The highest BCUT2D eigenvalue weighted by Gasteiger charge is 2.11. The van der Waals surface area contributed by atoms with Gasteiger partial charge in [0.25, 0.3) is 5.91 Å². The number of rotatable bonds is 3. The highest BCUT2D eigenvalue weighted by molar-refractivity contribution is 9.10. The van der Waals surface area contributed by atoms with Gasteiger partial charge < -0.3 is 4.74 Å². The molecule has 0 bridgehead atoms. The Labute approximate surface area is 110 Å². The van der Waals surface area contributed by atoms with Crippen molar-refractivity contribution in [2.24, 2.45) is 0 Å². The number of carbonyl (C=O) groups is 1. The minimum absolute atomic E-state index is 0.116. The van der Waals surface area contributed by atoms with E-state index < -0.39 is 11.7 Å². The molecule has 1 aromatic heterocycles. The molecule has 0 atom stereocenters. The number of H-pyrrole nitrogens is 1. The lowest BCUT2D eigenvalue weighted by atomic mass is 10.2. The smallest absolute Gasteiger partial charge is 0.336 e. The zero-order valence-corrected chi connectivity index (χ0v) is 10.8. The lowest BCUT2D eigenvalue weighted by Gasteiger charge is -2.02. The van der Waals surface area contributed by atoms with Crippen molar-refractivity contribution >= 4 is 27.8 Å². The normalized spacial score (nSPS) is 10.2. The largest absolute Gasteiger partial charge is 0.466 e. The monoisotopic (exact) mass is 314 g/mol. The number of hydrogen-bond acceptors (Lipinski definition) is 4. The molecule has 2 aromatic rings. The fourth-order valence-electron chi connectivity index (χ4n) is 1.21. The molecule has 2 rings (SSSR count). The van der Waals surface area contributed by atoms with Crippen molar-refractivity contribution < 1.29 is 13.9 Å². The lowest BCUT2D eigenvalue weighted by molar-refractivity contribution is 0.102. The zero-order valence-electron chi connectivity index (χ0n) is 9.20. The average molecular weight is 315 g/mol. The Hall–Kier alpha value is -1.96. The number of nitrogens with one attached hydrogen (secondary N) is 2. The highest BCUT2D eigenvalue weighted by Crippen LogP contribution is 2.17. The van der Waals surface area contributed by atoms with Gasteiger partial charge in [-0.3, -0.25) is 10.1 Å². The first kappa shape index (κ1) is 12.5. The number of benzene rings is 1. The van der Waals surface area contributed by atoms with Gasteiger partial charge in [-0.15, -0.1) is 5.10 Å². The Kier molecular flexibility index (Phi) is 3.56. The molecule has 0 aliphatic heterocycles. The van der Waals surface area contributed by atoms with Gasteiger partial charge in [-0.05, 0) is 34.1 Å². The summed E-state index contributed by atoms with van der Waals surface area (Å²) in [6.07, 6.45) is 0. The second-order valence-corrected chi connectivity index (χ2v) is 4.11. The van der Waals surface area contributed by atoms with Crippen LogP contribution in [0.1, 0.15) is 10.4 Å². The van der Waals surface area contributed by atoms with Gasteiger partial charge in [0.05, 0.1) is 11.6 Å². The van der Waals surface area contributed by atoms with Crippen LogP contribution in [0.2, 0.25) is 0 Å². The maximum absolute atomic E-state index is 13.0. The SMILES string of the molecule is COc1n[nH]c(NC(=O)c2ccc(F)c(Br)c2)n1. The molecule has 1 amide bonds. The Morgan fingerprint density at radius 1 is 1.56 bits per heavy atom. The van der Waals surface area contributed by atoms with Crippen molar-refractivity contribution in [3.05, 3.63) is 34.1 Å². The molecule has 2 N–H and O–H groups in total. The van der Waals surface area contributed by atoms with Gasteiger partial charge >= 0.3 is 6.01 Å². The topological polar surface area (TPSA) is 79.9 Å². The fourth-order valence-corrected chi connectivity index (χ4v) is 1.59. The third kappa shape index (κ3) is 2.65. The molecule has 0 unspecified atom stereocenters. The number of aromatic amines is 1. The third-order valence-electron chi connectivity index (χ3n) is 2.06. The van der Waals surface area contributed by atoms with Crippen molar-refractivity contribution in [2.45, 2.75) is 0 Å². The van der Waals surface area contributed by atoms with Gasteiger partial charge in [0, 0.05) is 5.56 Å². The Balaban J connectivity index is 2.14. The minimum atomic E-state index is -0.437. The lowest BCUT2D eigenvalue weighted by Crippen LogP contribution is -2.13. The van der Waals surface area contributed by atoms with Crippen molar-refractivity contribution in [2.75, 3.05) is 12.4 Å². The van der Waals surface area contributed by atoms with Crippen molar-refractivity contribution in [3.63, 3.8) is 0 Å². The quantitative estimate of drug-likeness (QED) is 0.907. The molecule has 6 nitrogen and oxygen atoms in total. The van der Waals surface area contributed by atoms with E-state index in [9.17, 15) is 9.18 Å². The molecule has 18 heavy (non-hydrogen) atoms. The second-order valence-electron chi connectivity index (χ2n) is 3.25. The number of carbonyl (C=O) groups excluding carboxylic acids is 1. The van der Waals surface area contributed by atoms with Crippen LogP contribution in [0.4, 0.5) is 10.3 Å². The first-order valence-electron chi connectivity index (χ1n) is 4.83. The molecule has 0 fully saturated rings. The molecular weight excluding hydrogens is 307 g/mol. The summed E-state index contributed by atoms with van der Waals surface area (Å²) >= 11 is 3.00. The maximum atomic E-state index is 13.0. The van der Waals surface area contributed by atoms with E-state index in [2.05, 4.69) is 36.4 Å². The summed E-state index contributed by atoms with van der Waals surface area (Å²) in [4.78, 5) is 15.6. The van der Waals surface area contributed by atoms with Crippen LogP contribution < -0.4 is 10.1 Å². The third-order valence-corrected chi connectivity index (χ3v) is 2.67. The van der Waals surface area contributed by atoms with Crippen LogP contribution in [0.5, 0.6) is 6.01 Å². The summed E-state index contributed by atoms with van der Waals surface area (Å²) in [6, 6.07) is 4.05. The van der Waals surface area contributed by atoms with E-state index in [0.717, 1.165) is 0 Å². The van der Waals surface area contributed by atoms with Gasteiger partial charge in [-0.25, -0.2) is 9.49 Å².